The van der Waals surface area contributed by atoms with Crippen molar-refractivity contribution in [2.75, 3.05) is 0 Å². The Kier molecular flexibility index (Phi) is 2.15. The number of allylic oxidation sites excluding steroid dienone is 6. The van der Waals surface area contributed by atoms with Gasteiger partial charge in [0.2, 0.25) is 0 Å². The fourth-order valence-electron chi connectivity index (χ4n) is 2.49. The average Bonchev–Trinajstić information content (AvgIpc) is 2.78. The van der Waals surface area contributed by atoms with Gasteiger partial charge in [-0.3, -0.25) is 0 Å². The molecule has 0 bridgehead atoms. The summed E-state index contributed by atoms with van der Waals surface area (Å²) in [6.07, 6.45) is 16.6. The Balaban J connectivity index is 1.98. The number of hydrogen-bond donors (Lipinski definition) is 0. The molecule has 0 fully saturated rings. The van der Waals surface area contributed by atoms with Crippen molar-refractivity contribution >= 4 is 5.57 Å². The van der Waals surface area contributed by atoms with E-state index in [-0.39, 0.29) is 0 Å². The minimum atomic E-state index is 1.03. The maximum absolute atomic E-state index is 4.68. The molecule has 0 saturated heterocycles. The zero-order valence-electron chi connectivity index (χ0n) is 10.3. The highest BCUT2D eigenvalue weighted by Gasteiger charge is 2.12. The van der Waals surface area contributed by atoms with E-state index in [0.29, 0.717) is 0 Å². The zero-order valence-corrected chi connectivity index (χ0v) is 10.3. The van der Waals surface area contributed by atoms with Gasteiger partial charge >= 0.3 is 0 Å². The van der Waals surface area contributed by atoms with Gasteiger partial charge in [0.05, 0.1) is 11.1 Å². The van der Waals surface area contributed by atoms with Gasteiger partial charge in [0.1, 0.15) is 0 Å². The quantitative estimate of drug-likeness (QED) is 0.683. The molecule has 0 aliphatic carbocycles. The van der Waals surface area contributed by atoms with Crippen LogP contribution in [0.2, 0.25) is 0 Å². The fraction of sp³-hybridized carbons (Fsp3) is 0. The Morgan fingerprint density at radius 3 is 2.84 bits per heavy atom. The summed E-state index contributed by atoms with van der Waals surface area (Å²) in [4.78, 5) is 6.79. The highest BCUT2D eigenvalue weighted by Crippen LogP contribution is 2.22. The van der Waals surface area contributed by atoms with E-state index in [1.807, 2.05) is 18.2 Å². The lowest BCUT2D eigenvalue weighted by Gasteiger charge is -2.20. The predicted molar refractivity (Wildman–Crippen MR) is 76.1 cm³/mol. The molecule has 0 atom stereocenters. The van der Waals surface area contributed by atoms with Crippen LogP contribution >= 0.6 is 0 Å². The van der Waals surface area contributed by atoms with Crippen molar-refractivity contribution in [3.63, 3.8) is 0 Å². The van der Waals surface area contributed by atoms with Crippen LogP contribution in [0.4, 0.5) is 0 Å². The van der Waals surface area contributed by atoms with Crippen LogP contribution in [0.3, 0.4) is 0 Å². The number of hydrogen-bond acceptors (Lipinski definition) is 2. The minimum absolute atomic E-state index is 1.03. The van der Waals surface area contributed by atoms with E-state index < -0.39 is 0 Å². The summed E-state index contributed by atoms with van der Waals surface area (Å²) in [7, 11) is 0. The van der Waals surface area contributed by atoms with Gasteiger partial charge in [-0.25, -0.2) is 4.99 Å². The van der Waals surface area contributed by atoms with Crippen molar-refractivity contribution in [1.82, 2.24) is 4.90 Å². The van der Waals surface area contributed by atoms with E-state index in [1.165, 1.54) is 10.8 Å². The first-order valence-corrected chi connectivity index (χ1v) is 6.34. The van der Waals surface area contributed by atoms with Crippen molar-refractivity contribution in [3.05, 3.63) is 95.1 Å². The van der Waals surface area contributed by atoms with E-state index >= 15 is 0 Å². The summed E-state index contributed by atoms with van der Waals surface area (Å²) in [5.41, 5.74) is 3.37. The molecule has 0 spiro atoms. The second-order valence-corrected chi connectivity index (χ2v) is 4.61. The van der Waals surface area contributed by atoms with Gasteiger partial charge in [-0.15, -0.1) is 0 Å². The lowest BCUT2D eigenvalue weighted by molar-refractivity contribution is 0.645. The monoisotopic (exact) mass is 244 g/mol. The second-order valence-electron chi connectivity index (χ2n) is 4.61. The van der Waals surface area contributed by atoms with Gasteiger partial charge in [0, 0.05) is 28.9 Å². The van der Waals surface area contributed by atoms with Gasteiger partial charge in [-0.05, 0) is 36.4 Å². The van der Waals surface area contributed by atoms with E-state index in [9.17, 15) is 0 Å². The van der Waals surface area contributed by atoms with Crippen LogP contribution in [0.15, 0.2) is 89.5 Å². The minimum Gasteiger partial charge on any atom is -0.324 e. The van der Waals surface area contributed by atoms with Crippen LogP contribution in [-0.2, 0) is 0 Å². The third-order valence-electron chi connectivity index (χ3n) is 3.45. The molecule has 3 heterocycles. The highest BCUT2D eigenvalue weighted by molar-refractivity contribution is 5.75. The molecule has 3 aliphatic heterocycles. The molecule has 0 radical (unpaired) electrons. The Morgan fingerprint density at radius 2 is 1.84 bits per heavy atom. The topological polar surface area (TPSA) is 15.6 Å². The van der Waals surface area contributed by atoms with Gasteiger partial charge < -0.3 is 4.90 Å². The Morgan fingerprint density at radius 1 is 0.895 bits per heavy atom. The first-order valence-electron chi connectivity index (χ1n) is 6.34. The Bertz CT molecular complexity index is 817. The average molecular weight is 244 g/mol. The van der Waals surface area contributed by atoms with Crippen molar-refractivity contribution in [3.8, 4) is 0 Å². The third-order valence-corrected chi connectivity index (χ3v) is 3.45. The largest absolute Gasteiger partial charge is 0.324 e. The number of nitrogens with zero attached hydrogens (tertiary/aromatic N) is 2. The standard InChI is InChI=1S/C17H12N2/c1-2-7-16-14(6-1)15-10-12-19-11-4-3-5-13(19)8-9-17(15)18-16/h1-12H/b12-10-,13-8-,17-9+. The van der Waals surface area contributed by atoms with E-state index in [4.69, 9.17) is 0 Å². The molecule has 0 saturated carbocycles. The molecule has 0 aromatic heterocycles. The van der Waals surface area contributed by atoms with Crippen LogP contribution in [0, 0.1) is 0 Å². The van der Waals surface area contributed by atoms with Gasteiger partial charge in [0.25, 0.3) is 0 Å². The molecule has 1 aromatic rings. The lowest BCUT2D eigenvalue weighted by atomic mass is 10.1. The summed E-state index contributed by atoms with van der Waals surface area (Å²) < 4.78 is 0. The van der Waals surface area contributed by atoms with E-state index in [1.54, 1.807) is 0 Å². The first kappa shape index (κ1) is 10.3. The van der Waals surface area contributed by atoms with Crippen LogP contribution < -0.4 is 10.6 Å². The third kappa shape index (κ3) is 1.61. The van der Waals surface area contributed by atoms with Gasteiger partial charge in [-0.2, -0.15) is 0 Å². The van der Waals surface area contributed by atoms with Gasteiger partial charge in [-0.1, -0.05) is 24.3 Å². The number of para-hydroxylation sites is 1. The molecule has 0 N–H and O–H groups in total. The lowest BCUT2D eigenvalue weighted by Crippen LogP contribution is -2.21. The highest BCUT2D eigenvalue weighted by atomic mass is 15.1. The first-order chi connectivity index (χ1) is 9.42. The molecule has 1 aromatic carbocycles. The molecule has 2 heteroatoms. The summed E-state index contributed by atoms with van der Waals surface area (Å²) in [5.74, 6) is 0. The predicted octanol–water partition coefficient (Wildman–Crippen LogP) is 2.15. The summed E-state index contributed by atoms with van der Waals surface area (Å²) in [6.45, 7) is 0. The van der Waals surface area contributed by atoms with Crippen LogP contribution in [-0.4, -0.2) is 4.90 Å². The van der Waals surface area contributed by atoms with Crippen molar-refractivity contribution in [2.24, 2.45) is 4.99 Å². The van der Waals surface area contributed by atoms with Crippen LogP contribution in [0.1, 0.15) is 0 Å². The zero-order chi connectivity index (χ0) is 12.7. The molecule has 2 nitrogen and oxygen atoms in total. The van der Waals surface area contributed by atoms with Crippen molar-refractivity contribution < 1.29 is 0 Å². The maximum Gasteiger partial charge on any atom is 0.0717 e. The Hall–Kier alpha value is -2.61. The molecule has 3 aliphatic rings. The number of rotatable bonds is 0. The van der Waals surface area contributed by atoms with E-state index in [0.717, 1.165) is 16.8 Å². The second kappa shape index (κ2) is 3.95. The molecule has 19 heavy (non-hydrogen) atoms. The van der Waals surface area contributed by atoms with Crippen LogP contribution in [0.5, 0.6) is 0 Å². The smallest absolute Gasteiger partial charge is 0.0717 e. The molecular weight excluding hydrogens is 232 g/mol. The molecule has 4 rings (SSSR count). The summed E-state index contributed by atoms with van der Waals surface area (Å²) in [5, 5.41) is 2.26. The molecule has 0 amide bonds. The molecular formula is C17H12N2. The van der Waals surface area contributed by atoms with E-state index in [2.05, 4.69) is 64.8 Å². The van der Waals surface area contributed by atoms with Gasteiger partial charge in [0.15, 0.2) is 0 Å². The van der Waals surface area contributed by atoms with Crippen LogP contribution in [0.25, 0.3) is 5.57 Å². The number of fused-ring (bicyclic) bond motifs is 3. The maximum atomic E-state index is 4.68. The summed E-state index contributed by atoms with van der Waals surface area (Å²) in [6, 6.07) is 8.26. The molecule has 90 valence electrons. The normalized spacial score (nSPS) is 25.9. The van der Waals surface area contributed by atoms with Crippen molar-refractivity contribution in [2.45, 2.75) is 0 Å². The molecule has 0 unspecified atom stereocenters. The summed E-state index contributed by atoms with van der Waals surface area (Å²) >= 11 is 0. The fourth-order valence-corrected chi connectivity index (χ4v) is 2.49. The Labute approximate surface area is 111 Å². The number of benzene rings is 1. The SMILES string of the molecule is C1=C/C2=C/C=C3/N=c4ccccc4=C3/C=C\N2C=C1. The van der Waals surface area contributed by atoms with Crippen molar-refractivity contribution in [1.29, 1.82) is 0 Å².